The van der Waals surface area contributed by atoms with Crippen molar-refractivity contribution < 1.29 is 18.9 Å². The lowest BCUT2D eigenvalue weighted by atomic mass is 9.93. The van der Waals surface area contributed by atoms with Crippen LogP contribution in [0.5, 0.6) is 0 Å². The highest BCUT2D eigenvalue weighted by Crippen LogP contribution is 2.36. The van der Waals surface area contributed by atoms with E-state index in [1.807, 2.05) is 41.1 Å². The molecule has 0 atom stereocenters. The van der Waals surface area contributed by atoms with Gasteiger partial charge in [-0.25, -0.2) is 4.79 Å². The molecule has 1 aromatic carbocycles. The molecule has 1 aliphatic rings. The molecule has 0 bridgehead atoms. The molecule has 1 aliphatic carbocycles. The molecule has 0 fully saturated rings. The van der Waals surface area contributed by atoms with Crippen LogP contribution in [-0.4, -0.2) is 18.5 Å². The number of thiophene rings is 1. The number of esters is 1. The zero-order valence-corrected chi connectivity index (χ0v) is 17.8. The number of carbonyl (C=O) groups is 2. The number of fused-ring (bicyclic) bond motifs is 1. The SMILES string of the molecule is CCOC(=O)c1cc(-c2ccccc2)sc1NC(=O)C[n+]1ccc2c(c1)CCCC2. The number of pyridine rings is 1. The van der Waals surface area contributed by atoms with E-state index in [1.165, 1.54) is 35.3 Å². The molecule has 154 valence electrons. The first-order valence-electron chi connectivity index (χ1n) is 10.3. The summed E-state index contributed by atoms with van der Waals surface area (Å²) in [6.45, 7) is 2.26. The molecule has 6 heteroatoms. The van der Waals surface area contributed by atoms with E-state index in [2.05, 4.69) is 17.6 Å². The summed E-state index contributed by atoms with van der Waals surface area (Å²) in [5, 5.41) is 3.45. The van der Waals surface area contributed by atoms with Crippen LogP contribution in [0.4, 0.5) is 5.00 Å². The van der Waals surface area contributed by atoms with Gasteiger partial charge in [0.2, 0.25) is 6.54 Å². The van der Waals surface area contributed by atoms with Crippen molar-refractivity contribution >= 4 is 28.2 Å². The Morgan fingerprint density at radius 1 is 1.10 bits per heavy atom. The van der Waals surface area contributed by atoms with Gasteiger partial charge in [-0.1, -0.05) is 30.3 Å². The van der Waals surface area contributed by atoms with Gasteiger partial charge in [0.1, 0.15) is 5.00 Å². The van der Waals surface area contributed by atoms with Crippen LogP contribution in [0.3, 0.4) is 0 Å². The molecule has 2 heterocycles. The number of ether oxygens (including phenoxy) is 1. The van der Waals surface area contributed by atoms with Gasteiger partial charge in [-0.2, -0.15) is 4.57 Å². The predicted molar refractivity (Wildman–Crippen MR) is 118 cm³/mol. The first-order chi connectivity index (χ1) is 14.6. The second-order valence-electron chi connectivity index (χ2n) is 7.36. The third-order valence-electron chi connectivity index (χ3n) is 5.21. The van der Waals surface area contributed by atoms with Gasteiger partial charge in [0.05, 0.1) is 12.2 Å². The van der Waals surface area contributed by atoms with E-state index in [-0.39, 0.29) is 19.1 Å². The van der Waals surface area contributed by atoms with Crippen molar-refractivity contribution in [2.45, 2.75) is 39.2 Å². The summed E-state index contributed by atoms with van der Waals surface area (Å²) in [6.07, 6.45) is 8.64. The van der Waals surface area contributed by atoms with Crippen LogP contribution in [0.15, 0.2) is 54.9 Å². The minimum atomic E-state index is -0.423. The maximum absolute atomic E-state index is 12.8. The van der Waals surface area contributed by atoms with Gasteiger partial charge in [-0.05, 0) is 49.8 Å². The Kier molecular flexibility index (Phi) is 6.23. The third kappa shape index (κ3) is 4.60. The Labute approximate surface area is 180 Å². The second-order valence-corrected chi connectivity index (χ2v) is 8.42. The molecule has 1 amide bonds. The van der Waals surface area contributed by atoms with Gasteiger partial charge < -0.3 is 10.1 Å². The topological polar surface area (TPSA) is 59.3 Å². The van der Waals surface area contributed by atoms with E-state index < -0.39 is 5.97 Å². The Morgan fingerprint density at radius 2 is 1.87 bits per heavy atom. The fraction of sp³-hybridized carbons (Fsp3) is 0.292. The van der Waals surface area contributed by atoms with Crippen LogP contribution >= 0.6 is 11.3 Å². The van der Waals surface area contributed by atoms with Gasteiger partial charge >= 0.3 is 5.97 Å². The number of aryl methyl sites for hydroxylation is 2. The molecule has 4 rings (SSSR count). The molecule has 2 aromatic heterocycles. The Morgan fingerprint density at radius 3 is 2.63 bits per heavy atom. The standard InChI is InChI=1S/C24H24N2O3S/c1-2-29-24(28)20-14-21(18-9-4-3-5-10-18)30-23(20)25-22(27)16-26-13-12-17-8-6-7-11-19(17)15-26/h3-5,9-10,12-15H,2,6-8,11,16H2,1H3/p+1. The minimum Gasteiger partial charge on any atom is -0.462 e. The molecular formula is C24H25N2O3S+. The van der Waals surface area contributed by atoms with Gasteiger partial charge in [-0.3, -0.25) is 4.79 Å². The fourth-order valence-electron chi connectivity index (χ4n) is 3.74. The Balaban J connectivity index is 1.54. The van der Waals surface area contributed by atoms with E-state index in [0.29, 0.717) is 10.6 Å². The van der Waals surface area contributed by atoms with Crippen molar-refractivity contribution in [1.29, 1.82) is 0 Å². The van der Waals surface area contributed by atoms with Crippen molar-refractivity contribution in [3.63, 3.8) is 0 Å². The van der Waals surface area contributed by atoms with E-state index in [4.69, 9.17) is 4.74 Å². The van der Waals surface area contributed by atoms with E-state index in [9.17, 15) is 9.59 Å². The average molecular weight is 422 g/mol. The number of benzene rings is 1. The third-order valence-corrected chi connectivity index (χ3v) is 6.31. The lowest BCUT2D eigenvalue weighted by Gasteiger charge is -2.13. The maximum Gasteiger partial charge on any atom is 0.341 e. The molecule has 0 aliphatic heterocycles. The van der Waals surface area contributed by atoms with Crippen LogP contribution in [0.2, 0.25) is 0 Å². The Bertz CT molecular complexity index is 1060. The first-order valence-corrected chi connectivity index (χ1v) is 11.1. The summed E-state index contributed by atoms with van der Waals surface area (Å²) < 4.78 is 7.10. The van der Waals surface area contributed by atoms with E-state index in [0.717, 1.165) is 23.3 Å². The fourth-order valence-corrected chi connectivity index (χ4v) is 4.81. The normalized spacial score (nSPS) is 12.8. The van der Waals surface area contributed by atoms with E-state index in [1.54, 1.807) is 13.0 Å². The minimum absolute atomic E-state index is 0.164. The number of amides is 1. The van der Waals surface area contributed by atoms with Crippen molar-refractivity contribution in [1.82, 2.24) is 0 Å². The van der Waals surface area contributed by atoms with Crippen LogP contribution in [0.25, 0.3) is 10.4 Å². The molecule has 0 saturated carbocycles. The lowest BCUT2D eigenvalue weighted by Crippen LogP contribution is -2.40. The smallest absolute Gasteiger partial charge is 0.341 e. The van der Waals surface area contributed by atoms with Crippen molar-refractivity contribution in [2.24, 2.45) is 0 Å². The first kappa shape index (κ1) is 20.3. The molecule has 30 heavy (non-hydrogen) atoms. The second kappa shape index (κ2) is 9.22. The quantitative estimate of drug-likeness (QED) is 0.474. The number of hydrogen-bond acceptors (Lipinski definition) is 4. The molecule has 0 spiro atoms. The highest BCUT2D eigenvalue weighted by Gasteiger charge is 2.22. The monoisotopic (exact) mass is 421 g/mol. The highest BCUT2D eigenvalue weighted by atomic mass is 32.1. The van der Waals surface area contributed by atoms with Crippen molar-refractivity contribution in [3.05, 3.63) is 71.5 Å². The molecular weight excluding hydrogens is 396 g/mol. The van der Waals surface area contributed by atoms with Gasteiger partial charge in [0.15, 0.2) is 12.4 Å². The summed E-state index contributed by atoms with van der Waals surface area (Å²) in [4.78, 5) is 26.1. The predicted octanol–water partition coefficient (Wildman–Crippen LogP) is 4.40. The average Bonchev–Trinajstić information content (AvgIpc) is 3.18. The van der Waals surface area contributed by atoms with Crippen LogP contribution in [0.1, 0.15) is 41.3 Å². The number of aromatic nitrogens is 1. The zero-order valence-electron chi connectivity index (χ0n) is 17.0. The largest absolute Gasteiger partial charge is 0.462 e. The molecule has 5 nitrogen and oxygen atoms in total. The van der Waals surface area contributed by atoms with Crippen LogP contribution in [0, 0.1) is 0 Å². The molecule has 0 radical (unpaired) electrons. The van der Waals surface area contributed by atoms with Crippen molar-refractivity contribution in [2.75, 3.05) is 11.9 Å². The van der Waals surface area contributed by atoms with Gasteiger partial charge in [-0.15, -0.1) is 11.3 Å². The number of anilines is 1. The van der Waals surface area contributed by atoms with Gasteiger partial charge in [0.25, 0.3) is 5.91 Å². The molecule has 0 unspecified atom stereocenters. The number of rotatable bonds is 6. The van der Waals surface area contributed by atoms with Crippen LogP contribution in [-0.2, 0) is 28.9 Å². The summed E-state index contributed by atoms with van der Waals surface area (Å²) >= 11 is 1.39. The lowest BCUT2D eigenvalue weighted by molar-refractivity contribution is -0.684. The number of nitrogens with one attached hydrogen (secondary N) is 1. The summed E-state index contributed by atoms with van der Waals surface area (Å²) in [6, 6.07) is 13.7. The highest BCUT2D eigenvalue weighted by molar-refractivity contribution is 7.20. The number of hydrogen-bond donors (Lipinski definition) is 1. The summed E-state index contributed by atoms with van der Waals surface area (Å²) in [5.74, 6) is -0.588. The van der Waals surface area contributed by atoms with Crippen LogP contribution < -0.4 is 9.88 Å². The maximum atomic E-state index is 12.8. The number of carbonyl (C=O) groups excluding carboxylic acids is 2. The van der Waals surface area contributed by atoms with Crippen molar-refractivity contribution in [3.8, 4) is 10.4 Å². The number of nitrogens with zero attached hydrogens (tertiary/aromatic N) is 1. The van der Waals surface area contributed by atoms with Gasteiger partial charge in [0, 0.05) is 16.5 Å². The zero-order chi connectivity index (χ0) is 20.9. The summed E-state index contributed by atoms with van der Waals surface area (Å²) in [7, 11) is 0. The molecule has 0 saturated heterocycles. The Hall–Kier alpha value is -2.99. The molecule has 1 N–H and O–H groups in total. The van der Waals surface area contributed by atoms with E-state index >= 15 is 0 Å². The molecule has 3 aromatic rings. The summed E-state index contributed by atoms with van der Waals surface area (Å²) in [5.41, 5.74) is 4.10.